The molecule has 1 aromatic carbocycles. The summed E-state index contributed by atoms with van der Waals surface area (Å²) in [6.45, 7) is 3.68. The Hall–Kier alpha value is -2.85. The van der Waals surface area contributed by atoms with Crippen LogP contribution in [0, 0.1) is 0 Å². The van der Waals surface area contributed by atoms with Gasteiger partial charge < -0.3 is 15.8 Å². The lowest BCUT2D eigenvalue weighted by molar-refractivity contribution is -0.118. The number of carbonyl (C=O) groups excluding carboxylic acids is 2. The molecule has 0 saturated carbocycles. The molecule has 0 bridgehead atoms. The third kappa shape index (κ3) is 4.28. The lowest BCUT2D eigenvalue weighted by Gasteiger charge is -2.16. The van der Waals surface area contributed by atoms with Crippen molar-refractivity contribution < 1.29 is 14.3 Å². The van der Waals surface area contributed by atoms with Gasteiger partial charge in [0, 0.05) is 10.9 Å². The molecule has 2 aromatic heterocycles. The Labute approximate surface area is 176 Å². The van der Waals surface area contributed by atoms with Crippen LogP contribution in [-0.2, 0) is 9.53 Å². The van der Waals surface area contributed by atoms with E-state index in [0.717, 1.165) is 5.56 Å². The van der Waals surface area contributed by atoms with Crippen LogP contribution in [0.2, 0.25) is 0 Å². The minimum absolute atomic E-state index is 0.152. The second kappa shape index (κ2) is 9.10. The van der Waals surface area contributed by atoms with Crippen molar-refractivity contribution in [1.29, 1.82) is 0 Å². The summed E-state index contributed by atoms with van der Waals surface area (Å²) in [7, 11) is 0. The first-order chi connectivity index (χ1) is 14.0. The van der Waals surface area contributed by atoms with E-state index >= 15 is 0 Å². The first kappa shape index (κ1) is 20.9. The van der Waals surface area contributed by atoms with Crippen molar-refractivity contribution in [3.63, 3.8) is 0 Å². The summed E-state index contributed by atoms with van der Waals surface area (Å²) in [4.78, 5) is 25.6. The molecule has 3 rings (SSSR count). The van der Waals surface area contributed by atoms with Gasteiger partial charge in [-0.25, -0.2) is 4.79 Å². The van der Waals surface area contributed by atoms with Gasteiger partial charge >= 0.3 is 5.97 Å². The standard InChI is InChI=1S/C19H21N5O3S2/c1-4-27-17(26)14-13(12-8-6-5-7-9-12)10-29-16(14)21-15(25)11(2)24-18(20)22-23-19(24)28-3/h5-11H,4H2,1-3H3,(H2,20,22)(H,21,25). The molecule has 29 heavy (non-hydrogen) atoms. The normalized spacial score (nSPS) is 11.8. The molecule has 2 heterocycles. The van der Waals surface area contributed by atoms with E-state index in [1.165, 1.54) is 23.1 Å². The number of benzene rings is 1. The second-order valence-electron chi connectivity index (χ2n) is 6.02. The van der Waals surface area contributed by atoms with E-state index in [0.29, 0.717) is 21.3 Å². The quantitative estimate of drug-likeness (QED) is 0.433. The summed E-state index contributed by atoms with van der Waals surface area (Å²) in [6, 6.07) is 8.83. The van der Waals surface area contributed by atoms with Crippen LogP contribution in [0.1, 0.15) is 30.2 Å². The van der Waals surface area contributed by atoms with E-state index in [2.05, 4.69) is 15.5 Å². The minimum atomic E-state index is -0.662. The molecule has 8 nitrogen and oxygen atoms in total. The third-order valence-electron chi connectivity index (χ3n) is 4.23. The summed E-state index contributed by atoms with van der Waals surface area (Å²) in [6.07, 6.45) is 1.83. The van der Waals surface area contributed by atoms with Gasteiger partial charge in [0.15, 0.2) is 5.16 Å². The van der Waals surface area contributed by atoms with Crippen LogP contribution in [0.5, 0.6) is 0 Å². The number of thiophene rings is 1. The molecule has 0 saturated heterocycles. The Bertz CT molecular complexity index is 1020. The average Bonchev–Trinajstić information content (AvgIpc) is 3.31. The second-order valence-corrected chi connectivity index (χ2v) is 7.67. The average molecular weight is 432 g/mol. The van der Waals surface area contributed by atoms with E-state index < -0.39 is 12.0 Å². The summed E-state index contributed by atoms with van der Waals surface area (Å²) in [5, 5.41) is 13.4. The molecule has 0 spiro atoms. The fraction of sp³-hybridized carbons (Fsp3) is 0.263. The SMILES string of the molecule is CCOC(=O)c1c(-c2ccccc2)csc1NC(=O)C(C)n1c(N)nnc1SC. The van der Waals surface area contributed by atoms with Crippen LogP contribution >= 0.6 is 23.1 Å². The molecule has 3 N–H and O–H groups in total. The van der Waals surface area contributed by atoms with E-state index in [-0.39, 0.29) is 18.5 Å². The molecular formula is C19H21N5O3S2. The van der Waals surface area contributed by atoms with Gasteiger partial charge in [0.2, 0.25) is 11.9 Å². The first-order valence-electron chi connectivity index (χ1n) is 8.87. The molecule has 0 fully saturated rings. The largest absolute Gasteiger partial charge is 0.462 e. The van der Waals surface area contributed by atoms with Crippen molar-refractivity contribution in [3.8, 4) is 11.1 Å². The Morgan fingerprint density at radius 3 is 2.69 bits per heavy atom. The van der Waals surface area contributed by atoms with Crippen molar-refractivity contribution in [1.82, 2.24) is 14.8 Å². The lowest BCUT2D eigenvalue weighted by atomic mass is 10.0. The topological polar surface area (TPSA) is 112 Å². The van der Waals surface area contributed by atoms with Gasteiger partial charge in [0.1, 0.15) is 16.6 Å². The van der Waals surface area contributed by atoms with Crippen molar-refractivity contribution in [2.45, 2.75) is 25.0 Å². The van der Waals surface area contributed by atoms with Gasteiger partial charge in [-0.2, -0.15) is 0 Å². The van der Waals surface area contributed by atoms with Crippen LogP contribution in [-0.4, -0.2) is 39.5 Å². The number of ether oxygens (including phenoxy) is 1. The Kier molecular flexibility index (Phi) is 6.55. The van der Waals surface area contributed by atoms with Gasteiger partial charge in [-0.05, 0) is 25.7 Å². The molecule has 0 radical (unpaired) electrons. The molecule has 0 aliphatic heterocycles. The number of rotatable bonds is 7. The zero-order chi connectivity index (χ0) is 21.0. The molecule has 3 aromatic rings. The zero-order valence-corrected chi connectivity index (χ0v) is 17.8. The third-order valence-corrected chi connectivity index (χ3v) is 5.77. The summed E-state index contributed by atoms with van der Waals surface area (Å²) >= 11 is 2.61. The highest BCUT2D eigenvalue weighted by atomic mass is 32.2. The number of nitrogens with zero attached hydrogens (tertiary/aromatic N) is 3. The van der Waals surface area contributed by atoms with Gasteiger partial charge in [0.25, 0.3) is 0 Å². The predicted molar refractivity (Wildman–Crippen MR) is 115 cm³/mol. The lowest BCUT2D eigenvalue weighted by Crippen LogP contribution is -2.25. The maximum Gasteiger partial charge on any atom is 0.341 e. The number of nitrogen functional groups attached to an aromatic ring is 1. The predicted octanol–water partition coefficient (Wildman–Crippen LogP) is 3.69. The zero-order valence-electron chi connectivity index (χ0n) is 16.2. The highest BCUT2D eigenvalue weighted by Gasteiger charge is 2.26. The number of aromatic nitrogens is 3. The van der Waals surface area contributed by atoms with Crippen molar-refractivity contribution in [3.05, 3.63) is 41.3 Å². The van der Waals surface area contributed by atoms with Crippen LogP contribution < -0.4 is 11.1 Å². The van der Waals surface area contributed by atoms with Gasteiger partial charge in [-0.3, -0.25) is 9.36 Å². The van der Waals surface area contributed by atoms with E-state index in [4.69, 9.17) is 10.5 Å². The van der Waals surface area contributed by atoms with Crippen LogP contribution in [0.4, 0.5) is 10.9 Å². The van der Waals surface area contributed by atoms with E-state index in [1.54, 1.807) is 18.4 Å². The molecule has 0 aliphatic carbocycles. The number of thioether (sulfide) groups is 1. The fourth-order valence-electron chi connectivity index (χ4n) is 2.81. The van der Waals surface area contributed by atoms with Crippen LogP contribution in [0.25, 0.3) is 11.1 Å². The fourth-order valence-corrected chi connectivity index (χ4v) is 4.34. The highest BCUT2D eigenvalue weighted by Crippen LogP contribution is 2.36. The number of carbonyl (C=O) groups is 2. The molecule has 1 amide bonds. The van der Waals surface area contributed by atoms with Crippen molar-refractivity contribution >= 4 is 45.9 Å². The number of amides is 1. The Balaban J connectivity index is 1.94. The summed E-state index contributed by atoms with van der Waals surface area (Å²) in [5.41, 5.74) is 7.79. The number of nitrogens with two attached hydrogens (primary N) is 1. The summed E-state index contributed by atoms with van der Waals surface area (Å²) in [5.74, 6) is -0.665. The highest BCUT2D eigenvalue weighted by molar-refractivity contribution is 7.98. The number of hydrogen-bond donors (Lipinski definition) is 2. The number of hydrogen-bond acceptors (Lipinski definition) is 8. The number of nitrogens with one attached hydrogen (secondary N) is 1. The van der Waals surface area contributed by atoms with E-state index in [9.17, 15) is 9.59 Å². The molecule has 1 unspecified atom stereocenters. The first-order valence-corrected chi connectivity index (χ1v) is 11.0. The van der Waals surface area contributed by atoms with Gasteiger partial charge in [0.05, 0.1) is 6.61 Å². The number of anilines is 2. The number of esters is 1. The Morgan fingerprint density at radius 2 is 2.03 bits per heavy atom. The smallest absolute Gasteiger partial charge is 0.341 e. The van der Waals surface area contributed by atoms with Gasteiger partial charge in [-0.1, -0.05) is 42.1 Å². The Morgan fingerprint density at radius 1 is 1.31 bits per heavy atom. The molecule has 10 heteroatoms. The molecule has 1 atom stereocenters. The summed E-state index contributed by atoms with van der Waals surface area (Å²) < 4.78 is 6.78. The minimum Gasteiger partial charge on any atom is -0.462 e. The maximum atomic E-state index is 12.9. The molecule has 0 aliphatic rings. The van der Waals surface area contributed by atoms with Crippen LogP contribution in [0.15, 0.2) is 40.9 Å². The van der Waals surface area contributed by atoms with Crippen LogP contribution in [0.3, 0.4) is 0 Å². The van der Waals surface area contributed by atoms with Gasteiger partial charge in [-0.15, -0.1) is 21.5 Å². The molecule has 152 valence electrons. The van der Waals surface area contributed by atoms with Crippen molar-refractivity contribution in [2.75, 3.05) is 23.9 Å². The maximum absolute atomic E-state index is 12.9. The van der Waals surface area contributed by atoms with Crippen molar-refractivity contribution in [2.24, 2.45) is 0 Å². The van der Waals surface area contributed by atoms with E-state index in [1.807, 2.05) is 42.0 Å². The monoisotopic (exact) mass is 431 g/mol. The molecular weight excluding hydrogens is 410 g/mol.